The Hall–Kier alpha value is -2.84. The summed E-state index contributed by atoms with van der Waals surface area (Å²) < 4.78 is 32.7. The molecule has 2 rings (SSSR count). The molecular formula is C14H13AsN2O8. The van der Waals surface area contributed by atoms with E-state index in [0.717, 1.165) is 12.1 Å². The number of rotatable bonds is 6. The first-order chi connectivity index (χ1) is 11.7. The van der Waals surface area contributed by atoms with Gasteiger partial charge in [-0.2, -0.15) is 0 Å². The van der Waals surface area contributed by atoms with Gasteiger partial charge >= 0.3 is 143 Å². The number of ether oxygens (including phenoxy) is 2. The van der Waals surface area contributed by atoms with Gasteiger partial charge in [-0.3, -0.25) is 0 Å². The van der Waals surface area contributed by atoms with Crippen molar-refractivity contribution in [3.05, 3.63) is 56.6 Å². The van der Waals surface area contributed by atoms with E-state index in [1.54, 1.807) is 0 Å². The summed E-state index contributed by atoms with van der Waals surface area (Å²) in [5, 5.41) is 22.2. The topological polar surface area (TPSA) is 142 Å². The minimum atomic E-state index is -5.06. The summed E-state index contributed by atoms with van der Waals surface area (Å²) in [5.74, 6) is -0.130. The second kappa shape index (κ2) is 6.96. The Morgan fingerprint density at radius 2 is 1.24 bits per heavy atom. The zero-order valence-electron chi connectivity index (χ0n) is 13.1. The van der Waals surface area contributed by atoms with Crippen molar-refractivity contribution in [3.63, 3.8) is 0 Å². The first-order valence-electron chi connectivity index (χ1n) is 6.71. The normalized spacial score (nSPS) is 11.0. The first-order valence-corrected chi connectivity index (χ1v) is 10.2. The molecule has 25 heavy (non-hydrogen) atoms. The molecule has 0 bridgehead atoms. The van der Waals surface area contributed by atoms with Gasteiger partial charge < -0.3 is 0 Å². The predicted molar refractivity (Wildman–Crippen MR) is 87.2 cm³/mol. The number of hydrogen-bond donors (Lipinski definition) is 1. The van der Waals surface area contributed by atoms with Crippen molar-refractivity contribution >= 4 is 33.9 Å². The Bertz CT molecular complexity index is 829. The SMILES string of the molecule is COc1ccc([As](=O)(O)c2ccc(OC)c([N+](=O)[O-])c2)cc1[N+](=O)[O-]. The van der Waals surface area contributed by atoms with Crippen molar-refractivity contribution in [3.8, 4) is 11.5 Å². The van der Waals surface area contributed by atoms with E-state index in [1.165, 1.54) is 38.5 Å². The van der Waals surface area contributed by atoms with Crippen molar-refractivity contribution < 1.29 is 27.2 Å². The van der Waals surface area contributed by atoms with Gasteiger partial charge in [0.25, 0.3) is 0 Å². The van der Waals surface area contributed by atoms with Crippen LogP contribution in [0.15, 0.2) is 36.4 Å². The molecule has 2 aromatic rings. The Morgan fingerprint density at radius 3 is 1.52 bits per heavy atom. The summed E-state index contributed by atoms with van der Waals surface area (Å²) in [6.45, 7) is 0. The standard InChI is InChI=1S/C14H13AsN2O8/c1-24-13-5-3-9(7-11(13)16(20)21)15(18,19)10-4-6-14(25-2)12(8-10)17(22)23/h3-8H,1-2H3,(H,18,19). The molecular weight excluding hydrogens is 399 g/mol. The Morgan fingerprint density at radius 1 is 0.880 bits per heavy atom. The molecule has 0 fully saturated rings. The zero-order chi connectivity index (χ0) is 18.8. The number of nitro benzene ring substituents is 2. The second-order valence-corrected chi connectivity index (χ2v) is 9.39. The molecule has 0 saturated carbocycles. The predicted octanol–water partition coefficient (Wildman–Crippen LogP) is 0.499. The average molecular weight is 412 g/mol. The number of benzene rings is 2. The monoisotopic (exact) mass is 412 g/mol. The van der Waals surface area contributed by atoms with E-state index < -0.39 is 35.1 Å². The van der Waals surface area contributed by atoms with Gasteiger partial charge in [0.1, 0.15) is 0 Å². The average Bonchev–Trinajstić information content (AvgIpc) is 2.60. The molecule has 0 unspecified atom stereocenters. The third-order valence-corrected chi connectivity index (χ3v) is 7.52. The molecule has 0 aromatic heterocycles. The van der Waals surface area contributed by atoms with E-state index in [-0.39, 0.29) is 20.2 Å². The van der Waals surface area contributed by atoms with E-state index in [2.05, 4.69) is 0 Å². The van der Waals surface area contributed by atoms with E-state index in [1.807, 2.05) is 0 Å². The quantitative estimate of drug-likeness (QED) is 0.411. The summed E-state index contributed by atoms with van der Waals surface area (Å²) in [6.07, 6.45) is 0. The van der Waals surface area contributed by atoms with Gasteiger partial charge in [0, 0.05) is 0 Å². The second-order valence-electron chi connectivity index (χ2n) is 4.80. The number of hydrogen-bond acceptors (Lipinski definition) is 7. The van der Waals surface area contributed by atoms with E-state index in [9.17, 15) is 28.1 Å². The van der Waals surface area contributed by atoms with Crippen molar-refractivity contribution in [2.45, 2.75) is 0 Å². The summed E-state index contributed by atoms with van der Waals surface area (Å²) >= 11 is -5.06. The molecule has 0 aliphatic rings. The summed E-state index contributed by atoms with van der Waals surface area (Å²) in [7, 11) is 2.47. The molecule has 0 aliphatic carbocycles. The van der Waals surface area contributed by atoms with Gasteiger partial charge in [-0.1, -0.05) is 0 Å². The molecule has 2 aromatic carbocycles. The number of nitro groups is 2. The van der Waals surface area contributed by atoms with Crippen LogP contribution < -0.4 is 18.2 Å². The molecule has 0 heterocycles. The van der Waals surface area contributed by atoms with Crippen LogP contribution in [0.5, 0.6) is 11.5 Å². The van der Waals surface area contributed by atoms with E-state index >= 15 is 0 Å². The fourth-order valence-electron chi connectivity index (χ4n) is 2.17. The Balaban J connectivity index is 2.61. The fourth-order valence-corrected chi connectivity index (χ4v) is 5.20. The molecule has 10 nitrogen and oxygen atoms in total. The fraction of sp³-hybridized carbons (Fsp3) is 0.143. The van der Waals surface area contributed by atoms with E-state index in [0.29, 0.717) is 0 Å². The van der Waals surface area contributed by atoms with Gasteiger partial charge in [0.05, 0.1) is 0 Å². The molecule has 0 radical (unpaired) electrons. The van der Waals surface area contributed by atoms with Crippen LogP contribution >= 0.6 is 0 Å². The van der Waals surface area contributed by atoms with Crippen molar-refractivity contribution in [1.29, 1.82) is 0 Å². The van der Waals surface area contributed by atoms with Crippen LogP contribution in [0.1, 0.15) is 0 Å². The molecule has 11 heteroatoms. The van der Waals surface area contributed by atoms with Gasteiger partial charge in [0.15, 0.2) is 0 Å². The van der Waals surface area contributed by atoms with Gasteiger partial charge in [-0.05, 0) is 0 Å². The van der Waals surface area contributed by atoms with Crippen LogP contribution in [0.3, 0.4) is 0 Å². The van der Waals surface area contributed by atoms with Gasteiger partial charge in [-0.15, -0.1) is 0 Å². The van der Waals surface area contributed by atoms with Crippen LogP contribution in [0, 0.1) is 20.2 Å². The molecule has 132 valence electrons. The molecule has 0 atom stereocenters. The van der Waals surface area contributed by atoms with Crippen LogP contribution in [0.25, 0.3) is 0 Å². The van der Waals surface area contributed by atoms with Crippen LogP contribution in [-0.2, 0) is 3.74 Å². The Kier molecular flexibility index (Phi) is 5.15. The van der Waals surface area contributed by atoms with Gasteiger partial charge in [0.2, 0.25) is 0 Å². The third kappa shape index (κ3) is 3.49. The molecule has 1 N–H and O–H groups in total. The third-order valence-electron chi connectivity index (χ3n) is 3.42. The number of nitrogens with zero attached hydrogens (tertiary/aromatic N) is 2. The first kappa shape index (κ1) is 18.5. The summed E-state index contributed by atoms with van der Waals surface area (Å²) in [5.41, 5.74) is -0.947. The van der Waals surface area contributed by atoms with E-state index in [4.69, 9.17) is 9.47 Å². The van der Waals surface area contributed by atoms with Crippen LogP contribution in [0.4, 0.5) is 11.4 Å². The maximum atomic E-state index is 12.9. The van der Waals surface area contributed by atoms with Crippen LogP contribution in [0.2, 0.25) is 0 Å². The van der Waals surface area contributed by atoms with Crippen molar-refractivity contribution in [2.24, 2.45) is 0 Å². The maximum absolute atomic E-state index is 12.9. The van der Waals surface area contributed by atoms with Gasteiger partial charge in [-0.25, -0.2) is 0 Å². The molecule has 0 aliphatic heterocycles. The molecule has 0 spiro atoms. The molecule has 0 saturated heterocycles. The zero-order valence-corrected chi connectivity index (χ0v) is 15.0. The van der Waals surface area contributed by atoms with Crippen LogP contribution in [-0.4, -0.2) is 42.0 Å². The van der Waals surface area contributed by atoms with Crippen molar-refractivity contribution in [1.82, 2.24) is 0 Å². The summed E-state index contributed by atoms with van der Waals surface area (Å²) in [6, 6.07) is 6.73. The van der Waals surface area contributed by atoms with Crippen molar-refractivity contribution in [2.75, 3.05) is 14.2 Å². The summed E-state index contributed by atoms with van der Waals surface area (Å²) in [4.78, 5) is 20.7. The Labute approximate surface area is 143 Å². The molecule has 0 amide bonds. The minimum absolute atomic E-state index is 0.0649. The number of methoxy groups -OCH3 is 2.